The molecule has 0 atom stereocenters. The Morgan fingerprint density at radius 1 is 0.500 bits per heavy atom. The average Bonchev–Trinajstić information content (AvgIpc) is 0. The van der Waals surface area contributed by atoms with Crippen LogP contribution in [0.25, 0.3) is 0 Å². The van der Waals surface area contributed by atoms with Gasteiger partial charge in [-0.1, -0.05) is 0 Å². The fraction of sp³-hybridized carbons (Fsp3) is 0. The van der Waals surface area contributed by atoms with Gasteiger partial charge in [0.15, 0.2) is 0 Å². The number of rotatable bonds is 0. The zero-order valence-corrected chi connectivity index (χ0v) is 3.56. The van der Waals surface area contributed by atoms with Gasteiger partial charge in [0.2, 0.25) is 0 Å². The summed E-state index contributed by atoms with van der Waals surface area (Å²) < 4.78 is 0. The maximum absolute atomic E-state index is 0. The first kappa shape index (κ1) is 168. The summed E-state index contributed by atoms with van der Waals surface area (Å²) in [5, 5.41) is 0. The van der Waals surface area contributed by atoms with E-state index in [-0.39, 0.29) is 38.1 Å². The van der Waals surface area contributed by atoms with Gasteiger partial charge in [0.1, 0.15) is 0 Å². The Bertz CT molecular complexity index is 3.25. The topological polar surface area (TPSA) is 94.5 Å². The largest absolute Gasteiger partial charge is 0.412 e. The molecule has 0 amide bonds. The zero-order valence-electron chi connectivity index (χ0n) is 2.00. The van der Waals surface area contributed by atoms with E-state index < -0.39 is 0 Å². The van der Waals surface area contributed by atoms with Crippen LogP contribution in [0.15, 0.2) is 0 Å². The number of hydrogen-bond donors (Lipinski definition) is 0. The molecule has 0 rings (SSSR count). The standard InChI is InChI=1S/3H2O.Ti/h3*1H2;. The van der Waals surface area contributed by atoms with Crippen molar-refractivity contribution in [3.63, 3.8) is 0 Å². The minimum atomic E-state index is 0. The summed E-state index contributed by atoms with van der Waals surface area (Å²) in [6.45, 7) is 0. The van der Waals surface area contributed by atoms with Crippen LogP contribution in [0.2, 0.25) is 0 Å². The third kappa shape index (κ3) is 18.7. The van der Waals surface area contributed by atoms with Gasteiger partial charge in [0.25, 0.3) is 0 Å². The van der Waals surface area contributed by atoms with Gasteiger partial charge in [0, 0.05) is 21.7 Å². The predicted octanol–water partition coefficient (Wildman–Crippen LogP) is -2.48. The molecule has 0 aromatic rings. The van der Waals surface area contributed by atoms with E-state index >= 15 is 0 Å². The molecule has 0 saturated carbocycles. The maximum atomic E-state index is 0. The maximum Gasteiger partial charge on any atom is 0 e. The van der Waals surface area contributed by atoms with Gasteiger partial charge in [-0.05, 0) is 0 Å². The van der Waals surface area contributed by atoms with Gasteiger partial charge in [-0.25, -0.2) is 0 Å². The molecule has 0 aliphatic rings. The van der Waals surface area contributed by atoms with Crippen molar-refractivity contribution in [2.75, 3.05) is 0 Å². The van der Waals surface area contributed by atoms with Crippen LogP contribution in [0.5, 0.6) is 0 Å². The molecule has 4 heteroatoms. The Balaban J connectivity index is 0. The minimum absolute atomic E-state index is 0. The van der Waals surface area contributed by atoms with Crippen LogP contribution in [0, 0.1) is 0 Å². The fourth-order valence-electron chi connectivity index (χ4n) is 0. The molecule has 0 aromatic carbocycles. The van der Waals surface area contributed by atoms with E-state index in [1.54, 1.807) is 0 Å². The monoisotopic (exact) mass is 102 g/mol. The molecule has 3 nitrogen and oxygen atoms in total. The van der Waals surface area contributed by atoms with Gasteiger partial charge in [-0.15, -0.1) is 0 Å². The summed E-state index contributed by atoms with van der Waals surface area (Å²) in [6.07, 6.45) is 0. The summed E-state index contributed by atoms with van der Waals surface area (Å²) in [5.41, 5.74) is 0. The smallest absolute Gasteiger partial charge is 0 e. The van der Waals surface area contributed by atoms with Crippen LogP contribution < -0.4 is 0 Å². The SMILES string of the molecule is O.O.O.[Ti]. The van der Waals surface area contributed by atoms with E-state index in [0.29, 0.717) is 0 Å². The Morgan fingerprint density at radius 2 is 0.500 bits per heavy atom. The Morgan fingerprint density at radius 3 is 0.500 bits per heavy atom. The molecule has 0 saturated heterocycles. The molecule has 0 radical (unpaired) electrons. The van der Waals surface area contributed by atoms with Crippen molar-refractivity contribution in [3.05, 3.63) is 0 Å². The van der Waals surface area contributed by atoms with Gasteiger partial charge in [-0.3, -0.25) is 0 Å². The minimum Gasteiger partial charge on any atom is -0.412 e. The third-order valence-corrected chi connectivity index (χ3v) is 0. The quantitative estimate of drug-likeness (QED) is 0.303. The second-order valence-corrected chi connectivity index (χ2v) is 0. The van der Waals surface area contributed by atoms with Crippen LogP contribution in [0.1, 0.15) is 0 Å². The number of hydrogen-bond acceptors (Lipinski definition) is 0. The van der Waals surface area contributed by atoms with Crippen LogP contribution >= 0.6 is 0 Å². The first-order chi connectivity index (χ1) is 0. The molecule has 0 spiro atoms. The van der Waals surface area contributed by atoms with Crippen molar-refractivity contribution in [2.24, 2.45) is 0 Å². The second kappa shape index (κ2) is 68.5. The van der Waals surface area contributed by atoms with Crippen LogP contribution in [-0.4, -0.2) is 16.4 Å². The van der Waals surface area contributed by atoms with Crippen LogP contribution in [-0.2, 0) is 21.7 Å². The normalized spacial score (nSPS) is 0. The van der Waals surface area contributed by atoms with E-state index in [1.807, 2.05) is 0 Å². The summed E-state index contributed by atoms with van der Waals surface area (Å²) >= 11 is 0. The molecule has 0 heterocycles. The Labute approximate surface area is 38.8 Å². The molecule has 4 heavy (non-hydrogen) atoms. The van der Waals surface area contributed by atoms with Crippen molar-refractivity contribution >= 4 is 0 Å². The molecule has 6 N–H and O–H groups in total. The molecule has 0 unspecified atom stereocenters. The van der Waals surface area contributed by atoms with Gasteiger partial charge in [-0.2, -0.15) is 0 Å². The van der Waals surface area contributed by atoms with Gasteiger partial charge in [0.05, 0.1) is 0 Å². The predicted molar refractivity (Wildman–Crippen MR) is 10.8 cm³/mol. The second-order valence-electron chi connectivity index (χ2n) is 0. The van der Waals surface area contributed by atoms with Crippen molar-refractivity contribution in [1.82, 2.24) is 0 Å². The average molecular weight is 102 g/mol. The fourth-order valence-corrected chi connectivity index (χ4v) is 0. The first-order valence-electron chi connectivity index (χ1n) is 0. The van der Waals surface area contributed by atoms with Gasteiger partial charge < -0.3 is 16.4 Å². The van der Waals surface area contributed by atoms with Crippen LogP contribution in [0.4, 0.5) is 0 Å². The van der Waals surface area contributed by atoms with Crippen LogP contribution in [0.3, 0.4) is 0 Å². The van der Waals surface area contributed by atoms with E-state index in [1.165, 1.54) is 0 Å². The Hall–Kier alpha value is 0.594. The van der Waals surface area contributed by atoms with Crippen molar-refractivity contribution < 1.29 is 38.1 Å². The molecule has 0 aliphatic carbocycles. The summed E-state index contributed by atoms with van der Waals surface area (Å²) in [5.74, 6) is 0. The molecule has 0 fully saturated rings. The van der Waals surface area contributed by atoms with E-state index in [4.69, 9.17) is 0 Å². The van der Waals surface area contributed by atoms with E-state index in [9.17, 15) is 0 Å². The van der Waals surface area contributed by atoms with Crippen molar-refractivity contribution in [1.29, 1.82) is 0 Å². The summed E-state index contributed by atoms with van der Waals surface area (Å²) in [4.78, 5) is 0. The molecule has 0 bridgehead atoms. The first-order valence-corrected chi connectivity index (χ1v) is 0. The molecular weight excluding hydrogens is 95.9 g/mol. The van der Waals surface area contributed by atoms with E-state index in [2.05, 4.69) is 0 Å². The van der Waals surface area contributed by atoms with E-state index in [0.717, 1.165) is 0 Å². The van der Waals surface area contributed by atoms with Crippen molar-refractivity contribution in [3.8, 4) is 0 Å². The molecular formula is H6O3Ti. The van der Waals surface area contributed by atoms with Crippen molar-refractivity contribution in [2.45, 2.75) is 0 Å². The molecule has 28 valence electrons. The molecule has 0 aliphatic heterocycles. The summed E-state index contributed by atoms with van der Waals surface area (Å²) in [6, 6.07) is 0. The third-order valence-electron chi connectivity index (χ3n) is 0. The Kier molecular flexibility index (Phi) is 2880. The zero-order chi connectivity index (χ0) is 0. The summed E-state index contributed by atoms with van der Waals surface area (Å²) in [7, 11) is 0. The van der Waals surface area contributed by atoms with Gasteiger partial charge >= 0.3 is 0 Å². The molecule has 0 aromatic heterocycles.